The largest absolute Gasteiger partial charge is 0.368 e. The van der Waals surface area contributed by atoms with Crippen molar-refractivity contribution in [2.45, 2.75) is 13.3 Å². The molecule has 0 radical (unpaired) electrons. The molecule has 0 aliphatic carbocycles. The quantitative estimate of drug-likeness (QED) is 0.901. The van der Waals surface area contributed by atoms with E-state index in [4.69, 9.17) is 5.73 Å². The lowest BCUT2D eigenvalue weighted by Crippen LogP contribution is -1.95. The van der Waals surface area contributed by atoms with Crippen molar-refractivity contribution in [3.8, 4) is 0 Å². The highest BCUT2D eigenvalue weighted by molar-refractivity contribution is 8.08. The van der Waals surface area contributed by atoms with E-state index in [1.54, 1.807) is 6.20 Å². The molecule has 0 aliphatic heterocycles. The van der Waals surface area contributed by atoms with Gasteiger partial charge in [-0.3, -0.25) is 0 Å². The van der Waals surface area contributed by atoms with Crippen LogP contribution in [0.2, 0.25) is 0 Å². The van der Waals surface area contributed by atoms with Crippen LogP contribution in [-0.4, -0.2) is 15.7 Å². The zero-order valence-electron chi connectivity index (χ0n) is 10.9. The van der Waals surface area contributed by atoms with Gasteiger partial charge >= 0.3 is 0 Å². The molecule has 2 N–H and O–H groups in total. The minimum absolute atomic E-state index is 0.307. The van der Waals surface area contributed by atoms with Crippen LogP contribution in [0.25, 0.3) is 11.0 Å². The topological polar surface area (TPSA) is 51.8 Å². The van der Waals surface area contributed by atoms with Crippen LogP contribution in [0, 0.1) is 0 Å². The molecule has 0 aliphatic rings. The fourth-order valence-corrected chi connectivity index (χ4v) is 2.56. The second-order valence-corrected chi connectivity index (χ2v) is 5.20. The smallest absolute Gasteiger partial charge is 0.220 e. The summed E-state index contributed by atoms with van der Waals surface area (Å²) in [5, 5.41) is 0. The van der Waals surface area contributed by atoms with Crippen LogP contribution in [0.1, 0.15) is 24.6 Å². The summed E-state index contributed by atoms with van der Waals surface area (Å²) in [4.78, 5) is 9.34. The third-order valence-corrected chi connectivity index (χ3v) is 3.77. The van der Waals surface area contributed by atoms with Gasteiger partial charge in [0.1, 0.15) is 0 Å². The fraction of sp³-hybridized carbons (Fsp3) is 0.200. The van der Waals surface area contributed by atoms with Gasteiger partial charge in [-0.15, -0.1) is 11.8 Å². The Balaban J connectivity index is 2.32. The summed E-state index contributed by atoms with van der Waals surface area (Å²) in [5.74, 6) is 1.39. The molecule has 1 aromatic heterocycles. The maximum Gasteiger partial charge on any atom is 0.220 e. The molecule has 1 aromatic carbocycles. The Bertz CT molecular complexity index is 552. The second kappa shape index (κ2) is 6.95. The van der Waals surface area contributed by atoms with Crippen molar-refractivity contribution in [3.05, 3.63) is 53.9 Å². The van der Waals surface area contributed by atoms with Gasteiger partial charge in [0.2, 0.25) is 5.95 Å². The average molecular weight is 271 g/mol. The van der Waals surface area contributed by atoms with Gasteiger partial charge in [-0.1, -0.05) is 37.3 Å². The normalized spacial score (nSPS) is 11.5. The number of anilines is 1. The van der Waals surface area contributed by atoms with Crippen molar-refractivity contribution in [1.29, 1.82) is 0 Å². The fourth-order valence-electron chi connectivity index (χ4n) is 1.63. The van der Waals surface area contributed by atoms with Crippen LogP contribution >= 0.6 is 11.8 Å². The minimum atomic E-state index is 0.307. The van der Waals surface area contributed by atoms with E-state index in [0.29, 0.717) is 5.95 Å². The summed E-state index contributed by atoms with van der Waals surface area (Å²) < 4.78 is 0. The number of hydrogen-bond acceptors (Lipinski definition) is 4. The van der Waals surface area contributed by atoms with E-state index in [0.717, 1.165) is 17.9 Å². The molecular formula is C15H17N3S. The van der Waals surface area contributed by atoms with E-state index in [-0.39, 0.29) is 0 Å². The summed E-state index contributed by atoms with van der Waals surface area (Å²) in [5.41, 5.74) is 7.66. The molecule has 0 amide bonds. The summed E-state index contributed by atoms with van der Waals surface area (Å²) in [6.45, 7) is 2.18. The van der Waals surface area contributed by atoms with Crippen LogP contribution in [0.4, 0.5) is 5.95 Å². The third-order valence-electron chi connectivity index (χ3n) is 2.49. The third kappa shape index (κ3) is 4.10. The van der Waals surface area contributed by atoms with Crippen molar-refractivity contribution < 1.29 is 0 Å². The van der Waals surface area contributed by atoms with Gasteiger partial charge < -0.3 is 5.73 Å². The first-order valence-electron chi connectivity index (χ1n) is 6.28. The van der Waals surface area contributed by atoms with Gasteiger partial charge in [0.15, 0.2) is 0 Å². The lowest BCUT2D eigenvalue weighted by atomic mass is 10.2. The van der Waals surface area contributed by atoms with Gasteiger partial charge in [-0.25, -0.2) is 9.97 Å². The summed E-state index contributed by atoms with van der Waals surface area (Å²) in [6, 6.07) is 12.2. The molecule has 0 saturated heterocycles. The van der Waals surface area contributed by atoms with Gasteiger partial charge in [-0.2, -0.15) is 0 Å². The second-order valence-electron chi connectivity index (χ2n) is 4.06. The number of nitrogen functional groups attached to an aromatic ring is 1. The Morgan fingerprint density at radius 3 is 2.74 bits per heavy atom. The van der Waals surface area contributed by atoms with E-state index >= 15 is 0 Å². The van der Waals surface area contributed by atoms with Crippen LogP contribution in [-0.2, 0) is 0 Å². The number of rotatable bonds is 5. The molecule has 1 heterocycles. The Morgan fingerprint density at radius 1 is 1.26 bits per heavy atom. The highest BCUT2D eigenvalue weighted by Gasteiger charge is 2.03. The molecule has 0 bridgehead atoms. The van der Waals surface area contributed by atoms with Crippen molar-refractivity contribution in [2.24, 2.45) is 0 Å². The van der Waals surface area contributed by atoms with Crippen LogP contribution < -0.4 is 5.73 Å². The molecule has 0 saturated carbocycles. The Labute approximate surface area is 118 Å². The first-order valence-corrected chi connectivity index (χ1v) is 7.26. The van der Waals surface area contributed by atoms with Crippen molar-refractivity contribution >= 4 is 28.7 Å². The minimum Gasteiger partial charge on any atom is -0.368 e. The Kier molecular flexibility index (Phi) is 4.98. The number of nitrogens with zero attached hydrogens (tertiary/aromatic N) is 2. The van der Waals surface area contributed by atoms with E-state index < -0.39 is 0 Å². The van der Waals surface area contributed by atoms with Gasteiger partial charge in [0.25, 0.3) is 0 Å². The van der Waals surface area contributed by atoms with E-state index in [1.807, 2.05) is 36.0 Å². The number of hydrogen-bond donors (Lipinski definition) is 1. The number of benzene rings is 1. The molecule has 0 atom stereocenters. The van der Waals surface area contributed by atoms with Gasteiger partial charge in [-0.05, 0) is 29.9 Å². The first-order chi connectivity index (χ1) is 9.29. The molecular weight excluding hydrogens is 254 g/mol. The molecule has 3 nitrogen and oxygen atoms in total. The predicted molar refractivity (Wildman–Crippen MR) is 83.5 cm³/mol. The molecule has 2 aromatic rings. The number of aromatic nitrogens is 2. The number of thioether (sulfide) groups is 1. The lowest BCUT2D eigenvalue weighted by molar-refractivity contribution is 1.11. The van der Waals surface area contributed by atoms with Crippen molar-refractivity contribution in [3.63, 3.8) is 0 Å². The summed E-state index contributed by atoms with van der Waals surface area (Å²) >= 11 is 1.84. The summed E-state index contributed by atoms with van der Waals surface area (Å²) in [6.07, 6.45) is 4.88. The Hall–Kier alpha value is -1.81. The zero-order chi connectivity index (χ0) is 13.5. The highest BCUT2D eigenvalue weighted by atomic mass is 32.2. The number of nitrogens with two attached hydrogens (primary N) is 1. The van der Waals surface area contributed by atoms with Gasteiger partial charge in [0, 0.05) is 11.1 Å². The Morgan fingerprint density at radius 2 is 2.05 bits per heavy atom. The standard InChI is InChI=1S/C15H17N3S/c1-2-10-19-14(12-6-4-3-5-7-12)11-13-8-9-17-15(16)18-13/h3-9,11H,2,10H2,1H3,(H2,16,17,18)/b14-11+. The molecule has 0 fully saturated rings. The maximum absolute atomic E-state index is 5.61. The van der Waals surface area contributed by atoms with Crippen LogP contribution in [0.15, 0.2) is 42.6 Å². The lowest BCUT2D eigenvalue weighted by Gasteiger charge is -2.07. The van der Waals surface area contributed by atoms with Crippen molar-refractivity contribution in [1.82, 2.24) is 9.97 Å². The molecule has 2 rings (SSSR count). The summed E-state index contributed by atoms with van der Waals surface area (Å²) in [7, 11) is 0. The molecule has 19 heavy (non-hydrogen) atoms. The van der Waals surface area contributed by atoms with E-state index in [9.17, 15) is 0 Å². The van der Waals surface area contributed by atoms with E-state index in [1.165, 1.54) is 10.5 Å². The SMILES string of the molecule is CCCS/C(=C/c1ccnc(N)n1)c1ccccc1. The molecule has 0 unspecified atom stereocenters. The zero-order valence-corrected chi connectivity index (χ0v) is 11.7. The maximum atomic E-state index is 5.61. The van der Waals surface area contributed by atoms with Crippen LogP contribution in [0.3, 0.4) is 0 Å². The molecule has 4 heteroatoms. The monoisotopic (exact) mass is 271 g/mol. The highest BCUT2D eigenvalue weighted by Crippen LogP contribution is 2.29. The predicted octanol–water partition coefficient (Wildman–Crippen LogP) is 3.70. The molecule has 98 valence electrons. The average Bonchev–Trinajstić information content (AvgIpc) is 2.44. The van der Waals surface area contributed by atoms with Gasteiger partial charge in [0.05, 0.1) is 5.69 Å². The first kappa shape index (κ1) is 13.6. The van der Waals surface area contributed by atoms with E-state index in [2.05, 4.69) is 35.1 Å². The van der Waals surface area contributed by atoms with Crippen molar-refractivity contribution in [2.75, 3.05) is 11.5 Å². The molecule has 0 spiro atoms. The van der Waals surface area contributed by atoms with Crippen LogP contribution in [0.5, 0.6) is 0 Å².